The number of carboxylic acid groups (broad SMARTS) is 2. The third kappa shape index (κ3) is 2.59. The van der Waals surface area contributed by atoms with Crippen LogP contribution in [-0.2, 0) is 4.79 Å². The number of rotatable bonds is 3. The monoisotopic (exact) mass is 188 g/mol. The summed E-state index contributed by atoms with van der Waals surface area (Å²) in [5, 5.41) is 20.1. The number of amides is 1. The minimum atomic E-state index is -1.19. The van der Waals surface area contributed by atoms with Gasteiger partial charge in [0.15, 0.2) is 0 Å². The topological polar surface area (TPSA) is 89.9 Å². The summed E-state index contributed by atoms with van der Waals surface area (Å²) in [6.07, 6.45) is 0.0311. The summed E-state index contributed by atoms with van der Waals surface area (Å²) in [5.41, 5.74) is 0. The van der Waals surface area contributed by atoms with Crippen LogP contribution in [0.15, 0.2) is 0 Å². The van der Waals surface area contributed by atoms with Gasteiger partial charge in [-0.05, 0) is 19.4 Å². The maximum Gasteiger partial charge on any atom is 0.409 e. The van der Waals surface area contributed by atoms with Gasteiger partial charge >= 0.3 is 12.1 Å². The van der Waals surface area contributed by atoms with Crippen molar-refractivity contribution < 1.29 is 19.8 Å². The van der Waals surface area contributed by atoms with E-state index in [-0.39, 0.29) is 6.17 Å². The molecule has 1 fully saturated rings. The first-order valence-corrected chi connectivity index (χ1v) is 4.06. The minimum Gasteiger partial charge on any atom is -0.480 e. The van der Waals surface area contributed by atoms with Crippen molar-refractivity contribution in [3.8, 4) is 0 Å². The summed E-state index contributed by atoms with van der Waals surface area (Å²) >= 11 is 0. The zero-order valence-corrected chi connectivity index (χ0v) is 7.06. The predicted molar refractivity (Wildman–Crippen MR) is 43.4 cm³/mol. The highest BCUT2D eigenvalue weighted by Crippen LogP contribution is 2.10. The van der Waals surface area contributed by atoms with Gasteiger partial charge in [-0.2, -0.15) is 0 Å². The summed E-state index contributed by atoms with van der Waals surface area (Å²) in [7, 11) is 0. The van der Waals surface area contributed by atoms with E-state index in [0.29, 0.717) is 6.42 Å². The van der Waals surface area contributed by atoms with Gasteiger partial charge in [-0.15, -0.1) is 0 Å². The van der Waals surface area contributed by atoms with Gasteiger partial charge in [-0.25, -0.2) is 4.79 Å². The third-order valence-corrected chi connectivity index (χ3v) is 1.96. The van der Waals surface area contributed by atoms with Gasteiger partial charge < -0.3 is 10.2 Å². The smallest absolute Gasteiger partial charge is 0.409 e. The second-order valence-electron chi connectivity index (χ2n) is 2.92. The van der Waals surface area contributed by atoms with E-state index in [1.54, 1.807) is 0 Å². The normalized spacial score (nSPS) is 21.4. The van der Waals surface area contributed by atoms with Crippen LogP contribution in [-0.4, -0.2) is 46.4 Å². The molecule has 0 aromatic rings. The predicted octanol–water partition coefficient (Wildman–Crippen LogP) is -0.239. The quantitative estimate of drug-likeness (QED) is 0.568. The Morgan fingerprint density at radius 1 is 1.46 bits per heavy atom. The average Bonchev–Trinajstić information content (AvgIpc) is 2.50. The Morgan fingerprint density at radius 2 is 2.15 bits per heavy atom. The molecule has 0 spiro atoms. The van der Waals surface area contributed by atoms with E-state index in [2.05, 4.69) is 5.32 Å². The number of nitrogens with zero attached hydrogens (tertiary/aromatic N) is 1. The van der Waals surface area contributed by atoms with Crippen molar-refractivity contribution in [2.45, 2.75) is 19.0 Å². The van der Waals surface area contributed by atoms with Crippen molar-refractivity contribution >= 4 is 12.1 Å². The lowest BCUT2D eigenvalue weighted by Gasteiger charge is -2.23. The molecular weight excluding hydrogens is 176 g/mol. The first kappa shape index (κ1) is 9.79. The Balaban J connectivity index is 2.55. The maximum atomic E-state index is 10.6. The Bertz CT molecular complexity index is 213. The van der Waals surface area contributed by atoms with Crippen molar-refractivity contribution in [1.82, 2.24) is 10.2 Å². The fourth-order valence-corrected chi connectivity index (χ4v) is 1.39. The van der Waals surface area contributed by atoms with Crippen LogP contribution >= 0.6 is 0 Å². The molecule has 0 radical (unpaired) electrons. The first-order chi connectivity index (χ1) is 6.11. The van der Waals surface area contributed by atoms with Crippen molar-refractivity contribution in [1.29, 1.82) is 0 Å². The molecule has 0 saturated carbocycles. The van der Waals surface area contributed by atoms with Gasteiger partial charge in [-0.1, -0.05) is 0 Å². The van der Waals surface area contributed by atoms with E-state index in [0.717, 1.165) is 17.9 Å². The van der Waals surface area contributed by atoms with Crippen molar-refractivity contribution in [2.75, 3.05) is 13.1 Å². The van der Waals surface area contributed by atoms with Crippen LogP contribution in [0.5, 0.6) is 0 Å². The first-order valence-electron chi connectivity index (χ1n) is 4.06. The zero-order chi connectivity index (χ0) is 9.84. The van der Waals surface area contributed by atoms with Gasteiger partial charge in [0.05, 0.1) is 6.17 Å². The lowest BCUT2D eigenvalue weighted by molar-refractivity contribution is -0.138. The van der Waals surface area contributed by atoms with Gasteiger partial charge in [0, 0.05) is 0 Å². The van der Waals surface area contributed by atoms with E-state index < -0.39 is 18.6 Å². The fraction of sp³-hybridized carbons (Fsp3) is 0.714. The lowest BCUT2D eigenvalue weighted by Crippen LogP contribution is -2.47. The van der Waals surface area contributed by atoms with Crippen LogP contribution in [0.1, 0.15) is 12.8 Å². The molecule has 3 N–H and O–H groups in total. The third-order valence-electron chi connectivity index (χ3n) is 1.96. The SMILES string of the molecule is O=C(O)CN(C(=O)O)C1CCCN1. The highest BCUT2D eigenvalue weighted by Gasteiger charge is 2.27. The molecular formula is C7H12N2O4. The molecule has 1 aliphatic heterocycles. The number of hydrogen-bond donors (Lipinski definition) is 3. The lowest BCUT2D eigenvalue weighted by atomic mass is 10.3. The highest BCUT2D eigenvalue weighted by atomic mass is 16.4. The van der Waals surface area contributed by atoms with E-state index in [9.17, 15) is 9.59 Å². The second-order valence-corrected chi connectivity index (χ2v) is 2.92. The summed E-state index contributed by atoms with van der Waals surface area (Å²) < 4.78 is 0. The molecule has 1 atom stereocenters. The molecule has 1 heterocycles. The molecule has 0 aromatic carbocycles. The van der Waals surface area contributed by atoms with E-state index >= 15 is 0 Å². The Labute approximate surface area is 75.1 Å². The Hall–Kier alpha value is -1.30. The average molecular weight is 188 g/mol. The summed E-state index contributed by atoms with van der Waals surface area (Å²) in [4.78, 5) is 21.9. The Kier molecular flexibility index (Phi) is 3.07. The van der Waals surface area contributed by atoms with Gasteiger partial charge in [0.2, 0.25) is 0 Å². The van der Waals surface area contributed by atoms with Crippen LogP contribution in [0.3, 0.4) is 0 Å². The van der Waals surface area contributed by atoms with Gasteiger partial charge in [0.1, 0.15) is 6.54 Å². The minimum absolute atomic E-state index is 0.339. The molecule has 1 amide bonds. The molecule has 6 nitrogen and oxygen atoms in total. The number of aliphatic carboxylic acids is 1. The van der Waals surface area contributed by atoms with Crippen LogP contribution in [0.2, 0.25) is 0 Å². The molecule has 13 heavy (non-hydrogen) atoms. The van der Waals surface area contributed by atoms with Crippen molar-refractivity contribution in [3.05, 3.63) is 0 Å². The summed E-state index contributed by atoms with van der Waals surface area (Å²) in [6.45, 7) is 0.279. The largest absolute Gasteiger partial charge is 0.480 e. The maximum absolute atomic E-state index is 10.6. The van der Waals surface area contributed by atoms with Gasteiger partial charge in [-0.3, -0.25) is 15.0 Å². The molecule has 1 aliphatic rings. The summed E-state index contributed by atoms with van der Waals surface area (Å²) in [5.74, 6) is -1.13. The second kappa shape index (κ2) is 4.08. The summed E-state index contributed by atoms with van der Waals surface area (Å²) in [6, 6.07) is 0. The number of hydrogen-bond acceptors (Lipinski definition) is 3. The van der Waals surface area contributed by atoms with E-state index in [1.807, 2.05) is 0 Å². The molecule has 1 rings (SSSR count). The van der Waals surface area contributed by atoms with E-state index in [4.69, 9.17) is 10.2 Å². The molecule has 0 aliphatic carbocycles. The standard InChI is InChI=1S/C7H12N2O4/c10-6(11)4-9(7(12)13)5-2-1-3-8-5/h5,8H,1-4H2,(H,10,11)(H,12,13). The zero-order valence-electron chi connectivity index (χ0n) is 7.06. The number of nitrogens with one attached hydrogen (secondary N) is 1. The molecule has 6 heteroatoms. The number of carbonyl (C=O) groups is 2. The van der Waals surface area contributed by atoms with Crippen LogP contribution in [0.25, 0.3) is 0 Å². The van der Waals surface area contributed by atoms with E-state index in [1.165, 1.54) is 0 Å². The van der Waals surface area contributed by atoms with Crippen molar-refractivity contribution in [2.24, 2.45) is 0 Å². The molecule has 0 aromatic heterocycles. The van der Waals surface area contributed by atoms with Crippen LogP contribution in [0.4, 0.5) is 4.79 Å². The molecule has 74 valence electrons. The molecule has 1 saturated heterocycles. The molecule has 1 unspecified atom stereocenters. The molecule has 0 bridgehead atoms. The Morgan fingerprint density at radius 3 is 2.54 bits per heavy atom. The highest BCUT2D eigenvalue weighted by molar-refractivity contribution is 5.75. The van der Waals surface area contributed by atoms with Crippen LogP contribution in [0, 0.1) is 0 Å². The van der Waals surface area contributed by atoms with Crippen molar-refractivity contribution in [3.63, 3.8) is 0 Å². The van der Waals surface area contributed by atoms with Gasteiger partial charge in [0.25, 0.3) is 0 Å². The van der Waals surface area contributed by atoms with Crippen LogP contribution < -0.4 is 5.32 Å². The fourth-order valence-electron chi connectivity index (χ4n) is 1.39. The number of carboxylic acids is 1.